The van der Waals surface area contributed by atoms with E-state index in [-0.39, 0.29) is 0 Å². The zero-order chi connectivity index (χ0) is 14.5. The molecule has 3 heteroatoms. The summed E-state index contributed by atoms with van der Waals surface area (Å²) >= 11 is 0. The fourth-order valence-corrected chi connectivity index (χ4v) is 4.60. The molecule has 1 spiro atoms. The van der Waals surface area contributed by atoms with Crippen molar-refractivity contribution in [1.82, 2.24) is 10.2 Å². The normalized spacial score (nSPS) is 31.0. The van der Waals surface area contributed by atoms with Crippen molar-refractivity contribution in [2.45, 2.75) is 76.4 Å². The standard InChI is InChI=1S/C18H34N2O/c1-2-19-14-16-7-12-20(13-8-16)15-17-6-11-18(21-17)9-4-3-5-10-18/h16-17,19H,2-15H2,1H3. The lowest BCUT2D eigenvalue weighted by molar-refractivity contribution is -0.0735. The molecule has 0 aromatic carbocycles. The van der Waals surface area contributed by atoms with E-state index in [1.165, 1.54) is 84.0 Å². The minimum Gasteiger partial charge on any atom is -0.370 e. The smallest absolute Gasteiger partial charge is 0.0710 e. The van der Waals surface area contributed by atoms with Gasteiger partial charge in [0.25, 0.3) is 0 Å². The molecule has 0 aromatic heterocycles. The zero-order valence-electron chi connectivity index (χ0n) is 13.9. The first-order valence-electron chi connectivity index (χ1n) is 9.40. The number of rotatable bonds is 5. The molecule has 0 bridgehead atoms. The Kier molecular flexibility index (Phi) is 5.58. The largest absolute Gasteiger partial charge is 0.370 e. The van der Waals surface area contributed by atoms with Gasteiger partial charge in [-0.2, -0.15) is 0 Å². The maximum absolute atomic E-state index is 6.53. The molecule has 2 heterocycles. The van der Waals surface area contributed by atoms with Crippen LogP contribution in [0.25, 0.3) is 0 Å². The van der Waals surface area contributed by atoms with Gasteiger partial charge in [0.1, 0.15) is 0 Å². The van der Waals surface area contributed by atoms with E-state index in [0.29, 0.717) is 11.7 Å². The van der Waals surface area contributed by atoms with Crippen LogP contribution in [-0.4, -0.2) is 49.3 Å². The first-order chi connectivity index (χ1) is 10.3. The molecule has 0 aromatic rings. The van der Waals surface area contributed by atoms with Gasteiger partial charge < -0.3 is 15.0 Å². The number of nitrogens with zero attached hydrogens (tertiary/aromatic N) is 1. The minimum atomic E-state index is 0.298. The average molecular weight is 294 g/mol. The summed E-state index contributed by atoms with van der Waals surface area (Å²) in [6.45, 7) is 8.28. The van der Waals surface area contributed by atoms with E-state index in [4.69, 9.17) is 4.74 Å². The number of hydrogen-bond acceptors (Lipinski definition) is 3. The third kappa shape index (κ3) is 4.20. The Hall–Kier alpha value is -0.120. The van der Waals surface area contributed by atoms with E-state index < -0.39 is 0 Å². The number of piperidine rings is 1. The Bertz CT molecular complexity index is 306. The highest BCUT2D eigenvalue weighted by atomic mass is 16.5. The van der Waals surface area contributed by atoms with E-state index >= 15 is 0 Å². The lowest BCUT2D eigenvalue weighted by Crippen LogP contribution is -2.42. The molecule has 0 amide bonds. The van der Waals surface area contributed by atoms with E-state index in [1.54, 1.807) is 0 Å². The summed E-state index contributed by atoms with van der Waals surface area (Å²) in [7, 11) is 0. The number of likely N-dealkylation sites (tertiary alicyclic amines) is 1. The summed E-state index contributed by atoms with van der Waals surface area (Å²) in [5.74, 6) is 0.899. The maximum atomic E-state index is 6.53. The van der Waals surface area contributed by atoms with Crippen molar-refractivity contribution in [3.05, 3.63) is 0 Å². The molecule has 3 aliphatic rings. The molecule has 1 aliphatic carbocycles. The van der Waals surface area contributed by atoms with Crippen molar-refractivity contribution in [2.75, 3.05) is 32.7 Å². The van der Waals surface area contributed by atoms with E-state index in [9.17, 15) is 0 Å². The molecule has 1 unspecified atom stereocenters. The second kappa shape index (κ2) is 7.43. The van der Waals surface area contributed by atoms with Crippen molar-refractivity contribution < 1.29 is 4.74 Å². The molecule has 3 fully saturated rings. The molecule has 2 aliphatic heterocycles. The van der Waals surface area contributed by atoms with Crippen molar-refractivity contribution in [2.24, 2.45) is 5.92 Å². The van der Waals surface area contributed by atoms with Crippen LogP contribution in [0, 0.1) is 5.92 Å². The first kappa shape index (κ1) is 15.8. The molecule has 1 N–H and O–H groups in total. The second-order valence-corrected chi connectivity index (χ2v) is 7.57. The van der Waals surface area contributed by atoms with Crippen molar-refractivity contribution >= 4 is 0 Å². The lowest BCUT2D eigenvalue weighted by Gasteiger charge is -2.36. The number of ether oxygens (including phenoxy) is 1. The summed E-state index contributed by atoms with van der Waals surface area (Å²) in [5, 5.41) is 3.50. The predicted molar refractivity (Wildman–Crippen MR) is 87.6 cm³/mol. The summed E-state index contributed by atoms with van der Waals surface area (Å²) in [6.07, 6.45) is 12.7. The van der Waals surface area contributed by atoms with Gasteiger partial charge in [-0.25, -0.2) is 0 Å². The highest BCUT2D eigenvalue weighted by Gasteiger charge is 2.41. The van der Waals surface area contributed by atoms with Gasteiger partial charge in [-0.1, -0.05) is 26.2 Å². The molecule has 1 atom stereocenters. The SMILES string of the molecule is CCNCC1CCN(CC2CCC3(CCCCC3)O2)CC1. The highest BCUT2D eigenvalue weighted by Crippen LogP contribution is 2.42. The van der Waals surface area contributed by atoms with Gasteiger partial charge in [0.2, 0.25) is 0 Å². The van der Waals surface area contributed by atoms with Crippen LogP contribution in [0.15, 0.2) is 0 Å². The highest BCUT2D eigenvalue weighted by molar-refractivity contribution is 4.92. The fraction of sp³-hybridized carbons (Fsp3) is 1.00. The molecular formula is C18H34N2O. The summed E-state index contributed by atoms with van der Waals surface area (Å²) in [5.41, 5.74) is 0.298. The van der Waals surface area contributed by atoms with Gasteiger partial charge in [0, 0.05) is 6.54 Å². The molecular weight excluding hydrogens is 260 g/mol. The van der Waals surface area contributed by atoms with Gasteiger partial charge in [-0.3, -0.25) is 0 Å². The Morgan fingerprint density at radius 2 is 1.81 bits per heavy atom. The monoisotopic (exact) mass is 294 g/mol. The van der Waals surface area contributed by atoms with E-state index in [1.807, 2.05) is 0 Å². The van der Waals surface area contributed by atoms with Gasteiger partial charge in [-0.05, 0) is 70.6 Å². The third-order valence-corrected chi connectivity index (χ3v) is 5.96. The maximum Gasteiger partial charge on any atom is 0.0710 e. The number of hydrogen-bond donors (Lipinski definition) is 1. The summed E-state index contributed by atoms with van der Waals surface area (Å²) in [4.78, 5) is 2.66. The fourth-order valence-electron chi connectivity index (χ4n) is 4.60. The van der Waals surface area contributed by atoms with Gasteiger partial charge in [0.15, 0.2) is 0 Å². The molecule has 3 rings (SSSR count). The Morgan fingerprint density at radius 3 is 2.52 bits per heavy atom. The third-order valence-electron chi connectivity index (χ3n) is 5.96. The Morgan fingerprint density at radius 1 is 1.05 bits per heavy atom. The van der Waals surface area contributed by atoms with Gasteiger partial charge in [0.05, 0.1) is 11.7 Å². The molecule has 21 heavy (non-hydrogen) atoms. The quantitative estimate of drug-likeness (QED) is 0.843. The minimum absolute atomic E-state index is 0.298. The summed E-state index contributed by atoms with van der Waals surface area (Å²) in [6, 6.07) is 0. The number of nitrogens with one attached hydrogen (secondary N) is 1. The van der Waals surface area contributed by atoms with Crippen LogP contribution in [0.5, 0.6) is 0 Å². The van der Waals surface area contributed by atoms with Crippen LogP contribution in [-0.2, 0) is 4.74 Å². The average Bonchev–Trinajstić information content (AvgIpc) is 2.89. The molecule has 1 saturated carbocycles. The van der Waals surface area contributed by atoms with Crippen LogP contribution in [0.4, 0.5) is 0 Å². The van der Waals surface area contributed by atoms with Crippen LogP contribution in [0.2, 0.25) is 0 Å². The predicted octanol–water partition coefficient (Wildman–Crippen LogP) is 3.19. The first-order valence-corrected chi connectivity index (χ1v) is 9.40. The van der Waals surface area contributed by atoms with Crippen molar-refractivity contribution in [1.29, 1.82) is 0 Å². The van der Waals surface area contributed by atoms with Crippen LogP contribution in [0.1, 0.15) is 64.7 Å². The van der Waals surface area contributed by atoms with Crippen LogP contribution < -0.4 is 5.32 Å². The van der Waals surface area contributed by atoms with Crippen LogP contribution in [0.3, 0.4) is 0 Å². The molecule has 3 nitrogen and oxygen atoms in total. The molecule has 122 valence electrons. The zero-order valence-corrected chi connectivity index (χ0v) is 13.9. The van der Waals surface area contributed by atoms with Crippen molar-refractivity contribution in [3.8, 4) is 0 Å². The van der Waals surface area contributed by atoms with E-state index in [0.717, 1.165) is 12.5 Å². The second-order valence-electron chi connectivity index (χ2n) is 7.57. The Balaban J connectivity index is 1.38. The molecule has 0 radical (unpaired) electrons. The van der Waals surface area contributed by atoms with Gasteiger partial charge >= 0.3 is 0 Å². The molecule has 2 saturated heterocycles. The van der Waals surface area contributed by atoms with Crippen LogP contribution >= 0.6 is 0 Å². The lowest BCUT2D eigenvalue weighted by atomic mass is 9.83. The van der Waals surface area contributed by atoms with E-state index in [2.05, 4.69) is 17.1 Å². The summed E-state index contributed by atoms with van der Waals surface area (Å²) < 4.78 is 6.53. The van der Waals surface area contributed by atoms with Gasteiger partial charge in [-0.15, -0.1) is 0 Å². The van der Waals surface area contributed by atoms with Crippen molar-refractivity contribution in [3.63, 3.8) is 0 Å². The topological polar surface area (TPSA) is 24.5 Å². The Labute approximate surface area is 130 Å².